The fourth-order valence-electron chi connectivity index (χ4n) is 6.85. The summed E-state index contributed by atoms with van der Waals surface area (Å²) in [5.74, 6) is 1.03. The van der Waals surface area contributed by atoms with Crippen molar-refractivity contribution in [2.24, 2.45) is 0 Å². The van der Waals surface area contributed by atoms with Crippen LogP contribution in [0.25, 0.3) is 83.4 Å². The first-order valence-corrected chi connectivity index (χ1v) is 16.6. The minimum atomic E-state index is 0.820. The molecule has 5 aromatic carbocycles. The van der Waals surface area contributed by atoms with Crippen molar-refractivity contribution in [1.82, 2.24) is 24.5 Å². The summed E-state index contributed by atoms with van der Waals surface area (Å²) in [6, 6.07) is 52.6. The van der Waals surface area contributed by atoms with E-state index in [1.54, 1.807) is 6.20 Å². The predicted molar refractivity (Wildman–Crippen MR) is 201 cm³/mol. The predicted octanol–water partition coefficient (Wildman–Crippen LogP) is 10.7. The van der Waals surface area contributed by atoms with Crippen LogP contribution in [0.4, 0.5) is 0 Å². The number of imidazole rings is 1. The maximum atomic E-state index is 5.28. The van der Waals surface area contributed by atoms with Gasteiger partial charge < -0.3 is 0 Å². The van der Waals surface area contributed by atoms with Crippen LogP contribution in [0.5, 0.6) is 0 Å². The Morgan fingerprint density at radius 1 is 0.490 bits per heavy atom. The van der Waals surface area contributed by atoms with Crippen molar-refractivity contribution >= 4 is 32.7 Å². The third kappa shape index (κ3) is 5.04. The number of benzene rings is 5. The molecule has 0 saturated heterocycles. The minimum Gasteiger partial charge on any atom is -0.296 e. The highest BCUT2D eigenvalue weighted by Crippen LogP contribution is 2.39. The van der Waals surface area contributed by atoms with E-state index in [1.165, 1.54) is 0 Å². The van der Waals surface area contributed by atoms with E-state index >= 15 is 0 Å². The van der Waals surface area contributed by atoms with Crippen LogP contribution in [0.3, 0.4) is 0 Å². The molecule has 0 radical (unpaired) electrons. The van der Waals surface area contributed by atoms with Gasteiger partial charge in [0, 0.05) is 40.2 Å². The molecule has 0 aliphatic carbocycles. The molecular formula is C44H31N5. The topological polar surface area (TPSA) is 56.5 Å². The van der Waals surface area contributed by atoms with Gasteiger partial charge in [-0.2, -0.15) is 0 Å². The maximum absolute atomic E-state index is 5.28. The summed E-state index contributed by atoms with van der Waals surface area (Å²) in [6.07, 6.45) is 2.62. The molecule has 232 valence electrons. The van der Waals surface area contributed by atoms with Crippen molar-refractivity contribution in [2.75, 3.05) is 0 Å². The van der Waals surface area contributed by atoms with E-state index < -0.39 is 0 Å². The Kier molecular flexibility index (Phi) is 7.02. The van der Waals surface area contributed by atoms with Crippen molar-refractivity contribution in [3.63, 3.8) is 0 Å². The zero-order valence-corrected chi connectivity index (χ0v) is 27.0. The Bertz CT molecular complexity index is 2610. The standard InChI is InChI=1S/C44H31N5/c1-2-41-48-44-40(49(41)33-11-4-3-5-12-33)27-26-35-34-13-6-7-14-37(34)47-43(42(35)44)32-24-20-30(21-25-32)29-18-22-31(23-19-29)36-16-10-17-39(46-36)38-15-8-9-28-45-38/h3-28H,2H2,1H3. The average molecular weight is 630 g/mol. The highest BCUT2D eigenvalue weighted by Gasteiger charge is 2.19. The van der Waals surface area contributed by atoms with Crippen LogP contribution in [-0.4, -0.2) is 24.5 Å². The summed E-state index contributed by atoms with van der Waals surface area (Å²) in [5, 5.41) is 3.37. The molecule has 5 heteroatoms. The molecule has 0 amide bonds. The van der Waals surface area contributed by atoms with Crippen molar-refractivity contribution in [2.45, 2.75) is 13.3 Å². The molecule has 0 N–H and O–H groups in total. The molecule has 0 spiro atoms. The lowest BCUT2D eigenvalue weighted by Gasteiger charge is -2.12. The highest BCUT2D eigenvalue weighted by molar-refractivity contribution is 6.19. The molecular weight excluding hydrogens is 599 g/mol. The lowest BCUT2D eigenvalue weighted by atomic mass is 9.96. The van der Waals surface area contributed by atoms with Gasteiger partial charge in [-0.15, -0.1) is 0 Å². The van der Waals surface area contributed by atoms with E-state index in [4.69, 9.17) is 15.0 Å². The van der Waals surface area contributed by atoms with Crippen molar-refractivity contribution in [1.29, 1.82) is 0 Å². The molecule has 0 unspecified atom stereocenters. The second-order valence-corrected chi connectivity index (χ2v) is 12.2. The van der Waals surface area contributed by atoms with Crippen molar-refractivity contribution in [3.05, 3.63) is 164 Å². The normalized spacial score (nSPS) is 11.4. The molecule has 4 heterocycles. The first-order chi connectivity index (χ1) is 24.2. The average Bonchev–Trinajstić information content (AvgIpc) is 3.57. The third-order valence-electron chi connectivity index (χ3n) is 9.24. The number of aryl methyl sites for hydroxylation is 1. The Morgan fingerprint density at radius 3 is 1.92 bits per heavy atom. The number of aromatic nitrogens is 5. The van der Waals surface area contributed by atoms with E-state index in [2.05, 4.69) is 132 Å². The number of hydrogen-bond acceptors (Lipinski definition) is 4. The van der Waals surface area contributed by atoms with Crippen LogP contribution in [0.2, 0.25) is 0 Å². The van der Waals surface area contributed by atoms with Gasteiger partial charge in [-0.25, -0.2) is 15.0 Å². The largest absolute Gasteiger partial charge is 0.296 e. The summed E-state index contributed by atoms with van der Waals surface area (Å²) < 4.78 is 2.28. The Balaban J connectivity index is 1.12. The van der Waals surface area contributed by atoms with E-state index in [0.29, 0.717) is 0 Å². The Labute approximate surface area is 284 Å². The second-order valence-electron chi connectivity index (χ2n) is 12.2. The molecule has 4 aromatic heterocycles. The van der Waals surface area contributed by atoms with Crippen LogP contribution in [0.1, 0.15) is 12.7 Å². The fourth-order valence-corrected chi connectivity index (χ4v) is 6.85. The molecule has 9 rings (SSSR count). The quantitative estimate of drug-likeness (QED) is 0.172. The van der Waals surface area contributed by atoms with Gasteiger partial charge in [-0.3, -0.25) is 9.55 Å². The summed E-state index contributed by atoms with van der Waals surface area (Å²) in [7, 11) is 0. The number of para-hydroxylation sites is 2. The third-order valence-corrected chi connectivity index (χ3v) is 9.24. The second kappa shape index (κ2) is 12.0. The van der Waals surface area contributed by atoms with E-state index in [-0.39, 0.29) is 0 Å². The number of pyridine rings is 3. The molecule has 0 saturated carbocycles. The fraction of sp³-hybridized carbons (Fsp3) is 0.0455. The number of fused-ring (bicyclic) bond motifs is 5. The SMILES string of the molecule is CCc1nc2c3c(-c4ccc(-c5ccc(-c6cccc(-c7ccccn7)n6)cc5)cc4)nc4ccccc4c3ccc2n1-c1ccccc1. The highest BCUT2D eigenvalue weighted by atomic mass is 15.1. The number of hydrogen-bond donors (Lipinski definition) is 0. The lowest BCUT2D eigenvalue weighted by Crippen LogP contribution is -1.99. The number of nitrogens with zero attached hydrogens (tertiary/aromatic N) is 5. The first-order valence-electron chi connectivity index (χ1n) is 16.6. The van der Waals surface area contributed by atoms with Gasteiger partial charge in [0.15, 0.2) is 0 Å². The summed E-state index contributed by atoms with van der Waals surface area (Å²) in [6.45, 7) is 2.17. The van der Waals surface area contributed by atoms with E-state index in [0.717, 1.165) is 95.7 Å². The van der Waals surface area contributed by atoms with E-state index in [1.807, 2.05) is 36.4 Å². The summed E-state index contributed by atoms with van der Waals surface area (Å²) in [4.78, 5) is 19.9. The molecule has 0 aliphatic heterocycles. The van der Waals surface area contributed by atoms with Gasteiger partial charge in [0.1, 0.15) is 5.82 Å². The van der Waals surface area contributed by atoms with E-state index in [9.17, 15) is 0 Å². The molecule has 0 fully saturated rings. The van der Waals surface area contributed by atoms with Crippen molar-refractivity contribution < 1.29 is 0 Å². The van der Waals surface area contributed by atoms with Crippen LogP contribution < -0.4 is 0 Å². The summed E-state index contributed by atoms with van der Waals surface area (Å²) in [5.41, 5.74) is 12.2. The van der Waals surface area contributed by atoms with Gasteiger partial charge in [0.2, 0.25) is 0 Å². The Hall–Kier alpha value is -6.46. The number of rotatable bonds is 6. The lowest BCUT2D eigenvalue weighted by molar-refractivity contribution is 0.908. The zero-order chi connectivity index (χ0) is 32.7. The molecule has 0 bridgehead atoms. The van der Waals surface area contributed by atoms with Crippen LogP contribution in [-0.2, 0) is 6.42 Å². The molecule has 0 atom stereocenters. The monoisotopic (exact) mass is 629 g/mol. The van der Waals surface area contributed by atoms with Gasteiger partial charge in [-0.1, -0.05) is 110 Å². The van der Waals surface area contributed by atoms with Gasteiger partial charge in [-0.05, 0) is 65.0 Å². The first kappa shape index (κ1) is 28.7. The van der Waals surface area contributed by atoms with Crippen LogP contribution >= 0.6 is 0 Å². The molecule has 5 nitrogen and oxygen atoms in total. The van der Waals surface area contributed by atoms with Gasteiger partial charge in [0.25, 0.3) is 0 Å². The van der Waals surface area contributed by atoms with Crippen molar-refractivity contribution in [3.8, 4) is 50.7 Å². The molecule has 9 aromatic rings. The smallest absolute Gasteiger partial charge is 0.114 e. The van der Waals surface area contributed by atoms with Gasteiger partial charge in [0.05, 0.1) is 39.3 Å². The Morgan fingerprint density at radius 2 is 1.16 bits per heavy atom. The maximum Gasteiger partial charge on any atom is 0.114 e. The zero-order valence-electron chi connectivity index (χ0n) is 27.0. The summed E-state index contributed by atoms with van der Waals surface area (Å²) >= 11 is 0. The minimum absolute atomic E-state index is 0.820. The molecule has 49 heavy (non-hydrogen) atoms. The molecule has 0 aliphatic rings. The van der Waals surface area contributed by atoms with Crippen LogP contribution in [0, 0.1) is 0 Å². The van der Waals surface area contributed by atoms with Gasteiger partial charge >= 0.3 is 0 Å². The van der Waals surface area contributed by atoms with Crippen LogP contribution in [0.15, 0.2) is 158 Å².